The molecule has 1 aliphatic heterocycles. The zero-order chi connectivity index (χ0) is 11.5. The predicted octanol–water partition coefficient (Wildman–Crippen LogP) is 3.94. The largest absolute Gasteiger partial charge is 0.382 e. The number of benzene rings is 1. The lowest BCUT2D eigenvalue weighted by molar-refractivity contribution is 0.183. The van der Waals surface area contributed by atoms with Crippen molar-refractivity contribution in [3.05, 3.63) is 27.7 Å². The molecule has 1 aliphatic rings. The molecule has 1 saturated heterocycles. The van der Waals surface area contributed by atoms with Gasteiger partial charge in [0.05, 0.1) is 11.6 Å². The molecule has 2 unspecified atom stereocenters. The first-order valence-electron chi connectivity index (χ1n) is 5.46. The first-order valence-corrected chi connectivity index (χ1v) is 6.63. The average molecular weight is 305 g/mol. The van der Waals surface area contributed by atoms with Crippen molar-refractivity contribution in [1.82, 2.24) is 0 Å². The van der Waals surface area contributed by atoms with E-state index in [2.05, 4.69) is 28.2 Å². The minimum Gasteiger partial charge on any atom is -0.382 e. The highest BCUT2D eigenvalue weighted by atomic mass is 79.9. The number of halogens is 2. The van der Waals surface area contributed by atoms with Gasteiger partial charge in [-0.15, -0.1) is 0 Å². The zero-order valence-corrected chi connectivity index (χ0v) is 11.5. The van der Waals surface area contributed by atoms with Crippen LogP contribution in [0, 0.1) is 5.92 Å². The van der Waals surface area contributed by atoms with Crippen LogP contribution in [0.1, 0.15) is 13.3 Å². The third-order valence-electron chi connectivity index (χ3n) is 2.99. The summed E-state index contributed by atoms with van der Waals surface area (Å²) in [6, 6.07) is 6.35. The van der Waals surface area contributed by atoms with Crippen LogP contribution in [0.3, 0.4) is 0 Å². The summed E-state index contributed by atoms with van der Waals surface area (Å²) >= 11 is 9.43. The van der Waals surface area contributed by atoms with E-state index < -0.39 is 0 Å². The summed E-state index contributed by atoms with van der Waals surface area (Å²) in [6.45, 7) is 3.94. The molecule has 0 aromatic heterocycles. The van der Waals surface area contributed by atoms with Gasteiger partial charge in [0.1, 0.15) is 0 Å². The smallest absolute Gasteiger partial charge is 0.0568 e. The third kappa shape index (κ3) is 2.90. The van der Waals surface area contributed by atoms with Gasteiger partial charge in [-0.25, -0.2) is 0 Å². The molecule has 1 fully saturated rings. The molecule has 0 saturated carbocycles. The Labute approximate surface area is 109 Å². The molecule has 1 aromatic rings. The predicted molar refractivity (Wildman–Crippen MR) is 71.2 cm³/mol. The molecule has 0 radical (unpaired) electrons. The number of hydrogen-bond acceptors (Lipinski definition) is 2. The van der Waals surface area contributed by atoms with Crippen molar-refractivity contribution < 1.29 is 4.74 Å². The van der Waals surface area contributed by atoms with Crippen LogP contribution >= 0.6 is 27.5 Å². The monoisotopic (exact) mass is 303 g/mol. The van der Waals surface area contributed by atoms with E-state index in [4.69, 9.17) is 16.3 Å². The molecule has 2 nitrogen and oxygen atoms in total. The Balaban J connectivity index is 1.99. The minimum absolute atomic E-state index is 0.416. The van der Waals surface area contributed by atoms with Gasteiger partial charge < -0.3 is 10.1 Å². The normalized spacial score (nSPS) is 22.1. The fraction of sp³-hybridized carbons (Fsp3) is 0.500. The lowest BCUT2D eigenvalue weighted by atomic mass is 10.0. The molecule has 1 N–H and O–H groups in total. The van der Waals surface area contributed by atoms with Crippen molar-refractivity contribution in [1.29, 1.82) is 0 Å². The molecule has 2 atom stereocenters. The van der Waals surface area contributed by atoms with E-state index in [0.717, 1.165) is 34.8 Å². The molecule has 4 heteroatoms. The molecule has 88 valence electrons. The highest BCUT2D eigenvalue weighted by Gasteiger charge is 2.22. The van der Waals surface area contributed by atoms with Crippen LogP contribution in [-0.4, -0.2) is 19.3 Å². The second-order valence-corrected chi connectivity index (χ2v) is 5.45. The van der Waals surface area contributed by atoms with E-state index in [-0.39, 0.29) is 0 Å². The van der Waals surface area contributed by atoms with Crippen LogP contribution in [0.15, 0.2) is 22.7 Å². The second-order valence-electron chi connectivity index (χ2n) is 4.19. The Hall–Kier alpha value is -0.250. The van der Waals surface area contributed by atoms with E-state index in [9.17, 15) is 0 Å². The van der Waals surface area contributed by atoms with Gasteiger partial charge in [-0.3, -0.25) is 0 Å². The summed E-state index contributed by atoms with van der Waals surface area (Å²) in [7, 11) is 0. The van der Waals surface area contributed by atoms with Crippen molar-refractivity contribution in [2.24, 2.45) is 5.92 Å². The number of rotatable bonds is 3. The zero-order valence-electron chi connectivity index (χ0n) is 9.17. The first kappa shape index (κ1) is 12.2. The molecule has 0 spiro atoms. The molecule has 1 aromatic carbocycles. The molecule has 0 amide bonds. The van der Waals surface area contributed by atoms with Gasteiger partial charge >= 0.3 is 0 Å². The molecular weight excluding hydrogens is 289 g/mol. The number of anilines is 1. The average Bonchev–Trinajstić information content (AvgIpc) is 2.77. The maximum absolute atomic E-state index is 6.05. The Morgan fingerprint density at radius 3 is 3.00 bits per heavy atom. The van der Waals surface area contributed by atoms with Crippen LogP contribution < -0.4 is 5.32 Å². The number of nitrogens with one attached hydrogen (secondary N) is 1. The summed E-state index contributed by atoms with van der Waals surface area (Å²) in [4.78, 5) is 0. The standard InChI is InChI=1S/C12H15BrClNO/c1-8(9-4-5-16-7-9)15-10-2-3-11(13)12(14)6-10/h2-3,6,8-9,15H,4-5,7H2,1H3. The van der Waals surface area contributed by atoms with Crippen LogP contribution in [-0.2, 0) is 4.74 Å². The van der Waals surface area contributed by atoms with Crippen molar-refractivity contribution in [3.63, 3.8) is 0 Å². The molecule has 0 aliphatic carbocycles. The van der Waals surface area contributed by atoms with Gasteiger partial charge in [-0.2, -0.15) is 0 Å². The van der Waals surface area contributed by atoms with Gasteiger partial charge in [-0.05, 0) is 47.5 Å². The van der Waals surface area contributed by atoms with Gasteiger partial charge in [0.25, 0.3) is 0 Å². The fourth-order valence-corrected chi connectivity index (χ4v) is 2.34. The van der Waals surface area contributed by atoms with E-state index in [0.29, 0.717) is 12.0 Å². The summed E-state index contributed by atoms with van der Waals surface area (Å²) in [5.41, 5.74) is 1.06. The van der Waals surface area contributed by atoms with E-state index in [1.807, 2.05) is 18.2 Å². The maximum atomic E-state index is 6.05. The van der Waals surface area contributed by atoms with Crippen LogP contribution in [0.25, 0.3) is 0 Å². The maximum Gasteiger partial charge on any atom is 0.0568 e. The lowest BCUT2D eigenvalue weighted by Gasteiger charge is -2.20. The quantitative estimate of drug-likeness (QED) is 0.913. The topological polar surface area (TPSA) is 21.3 Å². The fourth-order valence-electron chi connectivity index (χ4n) is 1.91. The van der Waals surface area contributed by atoms with Crippen LogP contribution in [0.5, 0.6) is 0 Å². The lowest BCUT2D eigenvalue weighted by Crippen LogP contribution is -2.26. The molecule has 16 heavy (non-hydrogen) atoms. The number of ether oxygens (including phenoxy) is 1. The van der Waals surface area contributed by atoms with Gasteiger partial charge in [0.2, 0.25) is 0 Å². The summed E-state index contributed by atoms with van der Waals surface area (Å²) in [5.74, 6) is 0.599. The molecule has 0 bridgehead atoms. The van der Waals surface area contributed by atoms with Gasteiger partial charge in [0, 0.05) is 28.7 Å². The summed E-state index contributed by atoms with van der Waals surface area (Å²) in [5, 5.41) is 4.20. The molecule has 1 heterocycles. The highest BCUT2D eigenvalue weighted by molar-refractivity contribution is 9.10. The Bertz CT molecular complexity index is 366. The third-order valence-corrected chi connectivity index (χ3v) is 4.22. The van der Waals surface area contributed by atoms with Gasteiger partial charge in [-0.1, -0.05) is 11.6 Å². The van der Waals surface area contributed by atoms with Crippen molar-refractivity contribution in [2.75, 3.05) is 18.5 Å². The minimum atomic E-state index is 0.416. The van der Waals surface area contributed by atoms with Crippen LogP contribution in [0.2, 0.25) is 5.02 Å². The molecular formula is C12H15BrClNO. The van der Waals surface area contributed by atoms with Crippen molar-refractivity contribution in [3.8, 4) is 0 Å². The number of hydrogen-bond donors (Lipinski definition) is 1. The SMILES string of the molecule is CC(Nc1ccc(Br)c(Cl)c1)C1CCOC1. The second kappa shape index (κ2) is 5.39. The Morgan fingerprint density at radius 1 is 1.56 bits per heavy atom. The van der Waals surface area contributed by atoms with Crippen LogP contribution in [0.4, 0.5) is 5.69 Å². The van der Waals surface area contributed by atoms with E-state index >= 15 is 0 Å². The molecule has 2 rings (SSSR count). The van der Waals surface area contributed by atoms with Gasteiger partial charge in [0.15, 0.2) is 0 Å². The van der Waals surface area contributed by atoms with Crippen molar-refractivity contribution in [2.45, 2.75) is 19.4 Å². The van der Waals surface area contributed by atoms with E-state index in [1.165, 1.54) is 0 Å². The van der Waals surface area contributed by atoms with Crippen molar-refractivity contribution >= 4 is 33.2 Å². The first-order chi connectivity index (χ1) is 7.66. The Morgan fingerprint density at radius 2 is 2.38 bits per heavy atom. The Kier molecular flexibility index (Phi) is 4.11. The summed E-state index contributed by atoms with van der Waals surface area (Å²) in [6.07, 6.45) is 1.14. The van der Waals surface area contributed by atoms with E-state index in [1.54, 1.807) is 0 Å². The summed E-state index contributed by atoms with van der Waals surface area (Å²) < 4.78 is 6.31. The highest BCUT2D eigenvalue weighted by Crippen LogP contribution is 2.27.